The van der Waals surface area contributed by atoms with Crippen molar-refractivity contribution in [3.8, 4) is 11.5 Å². The normalized spacial score (nSPS) is 20.0. The molecule has 0 amide bonds. The molecular weight excluding hydrogens is 461 g/mol. The number of ether oxygens (including phenoxy) is 2. The number of benzene rings is 1. The van der Waals surface area contributed by atoms with Gasteiger partial charge in [-0.15, -0.1) is 5.10 Å². The van der Waals surface area contributed by atoms with Crippen LogP contribution in [0.1, 0.15) is 38.1 Å². The fourth-order valence-electron chi connectivity index (χ4n) is 3.76. The van der Waals surface area contributed by atoms with Crippen LogP contribution >= 0.6 is 34.5 Å². The second-order valence-corrected chi connectivity index (χ2v) is 9.88. The Morgan fingerprint density at radius 2 is 2.03 bits per heavy atom. The smallest absolute Gasteiger partial charge is 0.308 e. The summed E-state index contributed by atoms with van der Waals surface area (Å²) in [6.07, 6.45) is 3.52. The van der Waals surface area contributed by atoms with Crippen LogP contribution in [-0.2, 0) is 4.79 Å². The van der Waals surface area contributed by atoms with Crippen molar-refractivity contribution in [3.05, 3.63) is 55.0 Å². The summed E-state index contributed by atoms with van der Waals surface area (Å²) < 4.78 is 12.4. The molecule has 162 valence electrons. The minimum Gasteiger partial charge on any atom is -0.493 e. The van der Waals surface area contributed by atoms with Crippen LogP contribution in [0.4, 0.5) is 0 Å². The molecule has 2 heterocycles. The van der Waals surface area contributed by atoms with Crippen LogP contribution in [-0.4, -0.2) is 27.7 Å². The number of halogens is 2. The Bertz CT molecular complexity index is 1320. The van der Waals surface area contributed by atoms with Gasteiger partial charge in [-0.1, -0.05) is 54.5 Å². The van der Waals surface area contributed by atoms with E-state index in [-0.39, 0.29) is 27.3 Å². The Balaban J connectivity index is 1.68. The molecule has 7 nitrogen and oxygen atoms in total. The van der Waals surface area contributed by atoms with E-state index < -0.39 is 5.97 Å². The van der Waals surface area contributed by atoms with E-state index in [9.17, 15) is 9.59 Å². The van der Waals surface area contributed by atoms with Crippen LogP contribution in [0.5, 0.6) is 11.5 Å². The molecule has 2 unspecified atom stereocenters. The molecule has 1 aliphatic carbocycles. The van der Waals surface area contributed by atoms with Gasteiger partial charge in [-0.2, -0.15) is 4.52 Å². The Morgan fingerprint density at radius 1 is 1.29 bits per heavy atom. The zero-order valence-electron chi connectivity index (χ0n) is 17.2. The Morgan fingerprint density at radius 3 is 2.65 bits per heavy atom. The number of rotatable bonds is 5. The van der Waals surface area contributed by atoms with E-state index in [0.717, 1.165) is 5.56 Å². The third kappa shape index (κ3) is 4.07. The van der Waals surface area contributed by atoms with E-state index in [1.807, 2.05) is 0 Å². The average Bonchev–Trinajstić information content (AvgIpc) is 2.95. The number of esters is 1. The first-order chi connectivity index (χ1) is 14.6. The topological polar surface area (TPSA) is 82.8 Å². The van der Waals surface area contributed by atoms with Crippen LogP contribution in [0.15, 0.2) is 33.6 Å². The summed E-state index contributed by atoms with van der Waals surface area (Å²) in [4.78, 5) is 29.2. The van der Waals surface area contributed by atoms with E-state index in [1.54, 1.807) is 30.4 Å². The fourth-order valence-corrected chi connectivity index (χ4v) is 4.95. The molecule has 31 heavy (non-hydrogen) atoms. The summed E-state index contributed by atoms with van der Waals surface area (Å²) in [6.45, 7) is 5.50. The van der Waals surface area contributed by atoms with Crippen molar-refractivity contribution in [2.24, 2.45) is 11.3 Å². The second kappa shape index (κ2) is 7.93. The van der Waals surface area contributed by atoms with Gasteiger partial charge in [0.2, 0.25) is 4.96 Å². The number of fused-ring (bicyclic) bond motifs is 1. The lowest BCUT2D eigenvalue weighted by Crippen LogP contribution is -2.23. The molecule has 1 saturated carbocycles. The molecule has 2 atom stereocenters. The minimum atomic E-state index is -0.442. The average molecular weight is 480 g/mol. The monoisotopic (exact) mass is 479 g/mol. The van der Waals surface area contributed by atoms with Gasteiger partial charge in [-0.05, 0) is 41.2 Å². The predicted octanol–water partition coefficient (Wildman–Crippen LogP) is 3.69. The molecule has 0 radical (unpaired) electrons. The summed E-state index contributed by atoms with van der Waals surface area (Å²) in [5, 5.41) is 4.46. The molecule has 3 aromatic rings. The van der Waals surface area contributed by atoms with Crippen molar-refractivity contribution >= 4 is 51.5 Å². The van der Waals surface area contributed by atoms with Crippen molar-refractivity contribution in [3.63, 3.8) is 0 Å². The number of methoxy groups -OCH3 is 1. The zero-order chi connectivity index (χ0) is 22.5. The van der Waals surface area contributed by atoms with Gasteiger partial charge in [-0.25, -0.2) is 4.98 Å². The number of allylic oxidation sites excluding steroid dienone is 1. The molecule has 0 N–H and O–H groups in total. The molecule has 1 aliphatic rings. The molecule has 0 saturated heterocycles. The zero-order valence-corrected chi connectivity index (χ0v) is 19.5. The number of nitrogens with zero attached hydrogens (tertiary/aromatic N) is 3. The summed E-state index contributed by atoms with van der Waals surface area (Å²) in [6, 6.07) is 5.05. The van der Waals surface area contributed by atoms with Crippen LogP contribution in [0.3, 0.4) is 0 Å². The highest BCUT2D eigenvalue weighted by Gasteiger charge is 2.59. The van der Waals surface area contributed by atoms with Crippen molar-refractivity contribution in [2.45, 2.75) is 26.7 Å². The summed E-state index contributed by atoms with van der Waals surface area (Å²) in [5.41, 5.74) is 0.396. The molecule has 4 rings (SSSR count). The highest BCUT2D eigenvalue weighted by atomic mass is 35.5. The first-order valence-corrected chi connectivity index (χ1v) is 11.0. The second-order valence-electron chi connectivity index (χ2n) is 7.87. The molecule has 10 heteroatoms. The van der Waals surface area contributed by atoms with Crippen molar-refractivity contribution in [2.75, 3.05) is 7.11 Å². The van der Waals surface area contributed by atoms with E-state index in [0.29, 0.717) is 26.8 Å². The maximum atomic E-state index is 12.9. The van der Waals surface area contributed by atoms with Crippen LogP contribution in [0, 0.1) is 11.3 Å². The van der Waals surface area contributed by atoms with Gasteiger partial charge >= 0.3 is 5.97 Å². The molecule has 0 bridgehead atoms. The largest absolute Gasteiger partial charge is 0.493 e. The van der Waals surface area contributed by atoms with Crippen LogP contribution in [0.25, 0.3) is 11.0 Å². The molecule has 2 aromatic heterocycles. The van der Waals surface area contributed by atoms with Crippen molar-refractivity contribution in [1.29, 1.82) is 0 Å². The number of hydrogen-bond acceptors (Lipinski definition) is 7. The number of thiazole rings is 1. The molecule has 1 fully saturated rings. The Labute approximate surface area is 191 Å². The third-order valence-corrected chi connectivity index (χ3v) is 6.64. The highest BCUT2D eigenvalue weighted by Crippen LogP contribution is 2.64. The Kier molecular flexibility index (Phi) is 5.57. The third-order valence-electron chi connectivity index (χ3n) is 5.43. The highest BCUT2D eigenvalue weighted by molar-refractivity contribution is 7.15. The van der Waals surface area contributed by atoms with E-state index in [2.05, 4.69) is 23.9 Å². The lowest BCUT2D eigenvalue weighted by molar-refractivity contribution is -0.132. The SMILES string of the molecule is COc1cc(/C=c2/sc3nc(C4C(C=C(Cl)Cl)C4(C)C)nn3c2=O)ccc1OC(C)=O. The fraction of sp³-hybridized carbons (Fsp3) is 0.333. The number of carbonyl (C=O) groups excluding carboxylic acids is 1. The Hall–Kier alpha value is -2.42. The molecule has 1 aromatic carbocycles. The van der Waals surface area contributed by atoms with E-state index in [4.69, 9.17) is 32.7 Å². The van der Waals surface area contributed by atoms with Crippen molar-refractivity contribution in [1.82, 2.24) is 14.6 Å². The van der Waals surface area contributed by atoms with Crippen LogP contribution < -0.4 is 19.6 Å². The lowest BCUT2D eigenvalue weighted by Gasteiger charge is -2.08. The van der Waals surface area contributed by atoms with E-state index in [1.165, 1.54) is 29.9 Å². The maximum Gasteiger partial charge on any atom is 0.308 e. The number of aromatic nitrogens is 3. The number of carbonyl (C=O) groups is 1. The molecule has 0 aliphatic heterocycles. The summed E-state index contributed by atoms with van der Waals surface area (Å²) in [7, 11) is 1.48. The van der Waals surface area contributed by atoms with Gasteiger partial charge < -0.3 is 9.47 Å². The minimum absolute atomic E-state index is 0.0528. The lowest BCUT2D eigenvalue weighted by atomic mass is 10.1. The van der Waals surface area contributed by atoms with Crippen LogP contribution in [0.2, 0.25) is 0 Å². The van der Waals surface area contributed by atoms with Gasteiger partial charge in [0.25, 0.3) is 5.56 Å². The number of hydrogen-bond donors (Lipinski definition) is 0. The van der Waals surface area contributed by atoms with Gasteiger partial charge in [-0.3, -0.25) is 9.59 Å². The van der Waals surface area contributed by atoms with Gasteiger partial charge in [0.1, 0.15) is 4.49 Å². The summed E-state index contributed by atoms with van der Waals surface area (Å²) >= 11 is 12.9. The maximum absolute atomic E-state index is 12.9. The van der Waals surface area contributed by atoms with Gasteiger partial charge in [0.15, 0.2) is 17.3 Å². The molecule has 0 spiro atoms. The summed E-state index contributed by atoms with van der Waals surface area (Å²) in [5.74, 6) is 1.06. The quantitative estimate of drug-likeness (QED) is 0.409. The first kappa shape index (κ1) is 21.8. The van der Waals surface area contributed by atoms with Crippen molar-refractivity contribution < 1.29 is 14.3 Å². The molecular formula is C21H19Cl2N3O4S. The predicted molar refractivity (Wildman–Crippen MR) is 120 cm³/mol. The standard InChI is InChI=1S/C21H19Cl2N3O4S/c1-10(27)30-13-6-5-11(7-14(13)29-4)8-15-19(28)26-20(31-15)24-18(25-26)17-12(9-16(22)23)21(17,2)3/h5-9,12,17H,1-4H3/b15-8+. The first-order valence-electron chi connectivity index (χ1n) is 9.42. The van der Waals surface area contributed by atoms with Gasteiger partial charge in [0.05, 0.1) is 11.6 Å². The van der Waals surface area contributed by atoms with Gasteiger partial charge in [0, 0.05) is 12.8 Å². The van der Waals surface area contributed by atoms with E-state index >= 15 is 0 Å².